The molecule has 3 rings (SSSR count). The average Bonchev–Trinajstić information content (AvgIpc) is 2.72. The normalized spacial score (nSPS) is 17.4. The Labute approximate surface area is 173 Å². The number of anilines is 1. The third kappa shape index (κ3) is 5.16. The van der Waals surface area contributed by atoms with Crippen LogP contribution in [0, 0.1) is 5.92 Å². The smallest absolute Gasteiger partial charge is 0.251 e. The van der Waals surface area contributed by atoms with Gasteiger partial charge in [0.05, 0.1) is 4.90 Å². The first-order chi connectivity index (χ1) is 13.8. The maximum atomic E-state index is 12.5. The van der Waals surface area contributed by atoms with Gasteiger partial charge in [0.15, 0.2) is 0 Å². The van der Waals surface area contributed by atoms with Crippen LogP contribution in [0.2, 0.25) is 0 Å². The predicted octanol–water partition coefficient (Wildman–Crippen LogP) is 3.10. The summed E-state index contributed by atoms with van der Waals surface area (Å²) in [5, 5.41) is 2.87. The molecule has 0 aliphatic carbocycles. The van der Waals surface area contributed by atoms with E-state index in [1.54, 1.807) is 12.1 Å². The lowest BCUT2D eigenvalue weighted by Crippen LogP contribution is -2.34. The second-order valence-corrected chi connectivity index (χ2v) is 10.0. The largest absolute Gasteiger partial charge is 0.371 e. The van der Waals surface area contributed by atoms with Crippen LogP contribution in [0.3, 0.4) is 0 Å². The summed E-state index contributed by atoms with van der Waals surface area (Å²) in [5.74, 6) is 0.421. The Kier molecular flexibility index (Phi) is 6.59. The van der Waals surface area contributed by atoms with Crippen molar-refractivity contribution in [3.8, 4) is 0 Å². The zero-order valence-electron chi connectivity index (χ0n) is 17.3. The van der Waals surface area contributed by atoms with Crippen molar-refractivity contribution < 1.29 is 13.2 Å². The van der Waals surface area contributed by atoms with Crippen LogP contribution in [0.15, 0.2) is 53.4 Å². The third-order valence-corrected chi connectivity index (χ3v) is 7.10. The molecule has 1 atom stereocenters. The topological polar surface area (TPSA) is 69.7 Å². The van der Waals surface area contributed by atoms with Crippen molar-refractivity contribution in [3.05, 3.63) is 59.7 Å². The van der Waals surface area contributed by atoms with Gasteiger partial charge in [-0.05, 0) is 54.7 Å². The number of carbonyl (C=O) groups excluding carboxylic acids is 1. The van der Waals surface area contributed by atoms with Gasteiger partial charge in [0.1, 0.15) is 0 Å². The minimum absolute atomic E-state index is 0.107. The first-order valence-corrected chi connectivity index (χ1v) is 11.4. The van der Waals surface area contributed by atoms with Gasteiger partial charge < -0.3 is 10.2 Å². The molecule has 7 heteroatoms. The monoisotopic (exact) mass is 415 g/mol. The Hall–Kier alpha value is -2.38. The summed E-state index contributed by atoms with van der Waals surface area (Å²) in [6.07, 6.45) is 2.51. The van der Waals surface area contributed by atoms with Crippen molar-refractivity contribution in [1.82, 2.24) is 9.62 Å². The fourth-order valence-electron chi connectivity index (χ4n) is 3.54. The van der Waals surface area contributed by atoms with E-state index in [-0.39, 0.29) is 10.8 Å². The minimum Gasteiger partial charge on any atom is -0.371 e. The number of nitrogens with one attached hydrogen (secondary N) is 1. The molecule has 0 radical (unpaired) electrons. The number of carbonyl (C=O) groups is 1. The van der Waals surface area contributed by atoms with Crippen LogP contribution in [0.1, 0.15) is 35.7 Å². The van der Waals surface area contributed by atoms with E-state index in [1.807, 2.05) is 12.1 Å². The summed E-state index contributed by atoms with van der Waals surface area (Å²) >= 11 is 0. The lowest BCUT2D eigenvalue weighted by Gasteiger charge is -2.32. The Morgan fingerprint density at radius 2 is 1.90 bits per heavy atom. The second-order valence-electron chi connectivity index (χ2n) is 7.86. The molecular weight excluding hydrogens is 386 g/mol. The molecule has 1 N–H and O–H groups in total. The summed E-state index contributed by atoms with van der Waals surface area (Å²) in [6.45, 7) is 4.85. The Morgan fingerprint density at radius 1 is 1.17 bits per heavy atom. The molecule has 0 bridgehead atoms. The fraction of sp³-hybridized carbons (Fsp3) is 0.409. The highest BCUT2D eigenvalue weighted by Gasteiger charge is 2.19. The van der Waals surface area contributed by atoms with Gasteiger partial charge >= 0.3 is 0 Å². The van der Waals surface area contributed by atoms with Crippen LogP contribution >= 0.6 is 0 Å². The van der Waals surface area contributed by atoms with E-state index >= 15 is 0 Å². The fourth-order valence-corrected chi connectivity index (χ4v) is 4.49. The molecule has 0 saturated carbocycles. The van der Waals surface area contributed by atoms with Crippen molar-refractivity contribution in [1.29, 1.82) is 0 Å². The summed E-state index contributed by atoms with van der Waals surface area (Å²) in [7, 11) is -0.634. The molecule has 2 aromatic rings. The van der Waals surface area contributed by atoms with E-state index in [9.17, 15) is 13.2 Å². The lowest BCUT2D eigenvalue weighted by molar-refractivity contribution is 0.0950. The number of nitrogens with zero attached hydrogens (tertiary/aromatic N) is 2. The summed E-state index contributed by atoms with van der Waals surface area (Å²) in [6, 6.07) is 14.4. The number of hydrogen-bond acceptors (Lipinski definition) is 4. The van der Waals surface area contributed by atoms with Crippen LogP contribution in [0.4, 0.5) is 5.69 Å². The highest BCUT2D eigenvalue weighted by Crippen LogP contribution is 2.23. The van der Waals surface area contributed by atoms with Gasteiger partial charge in [0, 0.05) is 45.0 Å². The standard InChI is InChI=1S/C22H29N3O3S/c1-17-6-5-13-25(16-17)20-11-9-18(10-12-20)15-23-22(26)19-7-4-8-21(14-19)29(27,28)24(2)3/h4,7-12,14,17H,5-6,13,15-16H2,1-3H3,(H,23,26)/t17-/m0/s1. The first-order valence-electron chi connectivity index (χ1n) is 9.92. The van der Waals surface area contributed by atoms with Gasteiger partial charge in [0.2, 0.25) is 10.0 Å². The van der Waals surface area contributed by atoms with Gasteiger partial charge in [-0.25, -0.2) is 12.7 Å². The Balaban J connectivity index is 1.62. The second kappa shape index (κ2) is 8.97. The van der Waals surface area contributed by atoms with Crippen LogP contribution in [0.25, 0.3) is 0 Å². The van der Waals surface area contributed by atoms with E-state index in [0.717, 1.165) is 28.9 Å². The first kappa shape index (κ1) is 21.3. The number of sulfonamides is 1. The molecular formula is C22H29N3O3S. The Morgan fingerprint density at radius 3 is 2.55 bits per heavy atom. The summed E-state index contributed by atoms with van der Waals surface area (Å²) < 4.78 is 25.7. The molecule has 1 aliphatic heterocycles. The van der Waals surface area contributed by atoms with Crippen LogP contribution < -0.4 is 10.2 Å². The molecule has 1 saturated heterocycles. The van der Waals surface area contributed by atoms with Crippen molar-refractivity contribution in [2.24, 2.45) is 5.92 Å². The molecule has 29 heavy (non-hydrogen) atoms. The zero-order valence-corrected chi connectivity index (χ0v) is 18.1. The number of hydrogen-bond donors (Lipinski definition) is 1. The Bertz CT molecular complexity index is 956. The molecule has 1 aliphatic rings. The van der Waals surface area contributed by atoms with Gasteiger partial charge in [-0.15, -0.1) is 0 Å². The molecule has 1 fully saturated rings. The average molecular weight is 416 g/mol. The minimum atomic E-state index is -3.57. The summed E-state index contributed by atoms with van der Waals surface area (Å²) in [4.78, 5) is 15.0. The number of benzene rings is 2. The molecule has 1 amide bonds. The van der Waals surface area contributed by atoms with E-state index in [2.05, 4.69) is 29.3 Å². The maximum absolute atomic E-state index is 12.5. The van der Waals surface area contributed by atoms with Crippen molar-refractivity contribution >= 4 is 21.6 Å². The molecule has 0 spiro atoms. The van der Waals surface area contributed by atoms with Crippen LogP contribution in [-0.4, -0.2) is 45.8 Å². The molecule has 1 heterocycles. The quantitative estimate of drug-likeness (QED) is 0.787. The SMILES string of the molecule is C[C@H]1CCCN(c2ccc(CNC(=O)c3cccc(S(=O)(=O)N(C)C)c3)cc2)C1. The van der Waals surface area contributed by atoms with Crippen molar-refractivity contribution in [2.75, 3.05) is 32.1 Å². The predicted molar refractivity (Wildman–Crippen MR) is 116 cm³/mol. The van der Waals surface area contributed by atoms with Crippen molar-refractivity contribution in [3.63, 3.8) is 0 Å². The highest BCUT2D eigenvalue weighted by atomic mass is 32.2. The number of rotatable bonds is 6. The zero-order chi connectivity index (χ0) is 21.0. The van der Waals surface area contributed by atoms with Crippen LogP contribution in [0.5, 0.6) is 0 Å². The van der Waals surface area contributed by atoms with E-state index in [4.69, 9.17) is 0 Å². The molecule has 2 aromatic carbocycles. The van der Waals surface area contributed by atoms with E-state index < -0.39 is 10.0 Å². The lowest BCUT2D eigenvalue weighted by atomic mass is 9.99. The number of piperidine rings is 1. The van der Waals surface area contributed by atoms with E-state index in [0.29, 0.717) is 12.1 Å². The highest BCUT2D eigenvalue weighted by molar-refractivity contribution is 7.89. The van der Waals surface area contributed by atoms with Gasteiger partial charge in [-0.1, -0.05) is 25.1 Å². The van der Waals surface area contributed by atoms with Gasteiger partial charge in [-0.3, -0.25) is 4.79 Å². The summed E-state index contributed by atoms with van der Waals surface area (Å²) in [5.41, 5.74) is 2.55. The molecule has 0 aromatic heterocycles. The van der Waals surface area contributed by atoms with Gasteiger partial charge in [-0.2, -0.15) is 0 Å². The van der Waals surface area contributed by atoms with E-state index in [1.165, 1.54) is 44.8 Å². The van der Waals surface area contributed by atoms with Crippen molar-refractivity contribution in [2.45, 2.75) is 31.2 Å². The van der Waals surface area contributed by atoms with Gasteiger partial charge in [0.25, 0.3) is 5.91 Å². The maximum Gasteiger partial charge on any atom is 0.251 e. The molecule has 0 unspecified atom stereocenters. The van der Waals surface area contributed by atoms with Crippen LogP contribution in [-0.2, 0) is 16.6 Å². The number of amides is 1. The molecule has 6 nitrogen and oxygen atoms in total. The molecule has 156 valence electrons. The third-order valence-electron chi connectivity index (χ3n) is 5.29.